The first-order valence-electron chi connectivity index (χ1n) is 12.5. The zero-order chi connectivity index (χ0) is 25.2. The number of hydrogen-bond acceptors (Lipinski definition) is 8. The molecule has 35 heavy (non-hydrogen) atoms. The molecule has 1 aliphatic carbocycles. The number of hydrogen-bond donors (Lipinski definition) is 1. The quantitative estimate of drug-likeness (QED) is 0.565. The summed E-state index contributed by atoms with van der Waals surface area (Å²) in [4.78, 5) is 20.4. The average molecular weight is 511 g/mol. The lowest BCUT2D eigenvalue weighted by Gasteiger charge is -2.35. The van der Waals surface area contributed by atoms with E-state index in [1.807, 2.05) is 32.9 Å². The van der Waals surface area contributed by atoms with Gasteiger partial charge in [-0.25, -0.2) is 18.2 Å². The van der Waals surface area contributed by atoms with E-state index in [1.54, 1.807) is 15.4 Å². The molecule has 0 bridgehead atoms. The Morgan fingerprint density at radius 2 is 1.91 bits per heavy atom. The standard InChI is InChI=1S/C24H38N4O6S/c1-18(2)17-35(31,32)28-12-10-26(11-13-28)22-5-4-20(14-25-22)33-16-19-6-9-27(15-21(19)29)23(30)34-24(3)7-8-24/h4-5,14,18-19,21,29H,6-13,15-17H2,1-3H3/t19-,21+/m0/s1. The summed E-state index contributed by atoms with van der Waals surface area (Å²) < 4.78 is 37.9. The molecular weight excluding hydrogens is 472 g/mol. The second-order valence-corrected chi connectivity index (χ2v) is 12.6. The Kier molecular flexibility index (Phi) is 7.77. The van der Waals surface area contributed by atoms with Gasteiger partial charge >= 0.3 is 6.09 Å². The highest BCUT2D eigenvalue weighted by Gasteiger charge is 2.43. The number of pyridine rings is 1. The van der Waals surface area contributed by atoms with Crippen LogP contribution in [0.4, 0.5) is 10.6 Å². The molecule has 2 aliphatic heterocycles. The van der Waals surface area contributed by atoms with Crippen LogP contribution in [0.1, 0.15) is 40.0 Å². The summed E-state index contributed by atoms with van der Waals surface area (Å²) in [6.45, 7) is 8.99. The zero-order valence-corrected chi connectivity index (χ0v) is 21.7. The first kappa shape index (κ1) is 26.0. The molecule has 1 aromatic heterocycles. The Morgan fingerprint density at radius 1 is 1.20 bits per heavy atom. The van der Waals surface area contributed by atoms with Gasteiger partial charge in [0.25, 0.3) is 0 Å². The van der Waals surface area contributed by atoms with E-state index in [-0.39, 0.29) is 35.8 Å². The van der Waals surface area contributed by atoms with E-state index in [2.05, 4.69) is 9.88 Å². The highest BCUT2D eigenvalue weighted by molar-refractivity contribution is 7.89. The first-order chi connectivity index (χ1) is 16.5. The average Bonchev–Trinajstić information content (AvgIpc) is 3.54. The fourth-order valence-corrected chi connectivity index (χ4v) is 6.24. The zero-order valence-electron chi connectivity index (χ0n) is 20.9. The third kappa shape index (κ3) is 6.77. The van der Waals surface area contributed by atoms with E-state index in [9.17, 15) is 18.3 Å². The number of piperidine rings is 1. The molecule has 10 nitrogen and oxygen atoms in total. The predicted molar refractivity (Wildman–Crippen MR) is 132 cm³/mol. The second kappa shape index (κ2) is 10.5. The third-order valence-electron chi connectivity index (χ3n) is 6.95. The van der Waals surface area contributed by atoms with Crippen LogP contribution in [0.5, 0.6) is 5.75 Å². The van der Waals surface area contributed by atoms with Gasteiger partial charge in [0.2, 0.25) is 10.0 Å². The van der Waals surface area contributed by atoms with E-state index in [1.165, 1.54) is 0 Å². The number of aliphatic hydroxyl groups excluding tert-OH is 1. The van der Waals surface area contributed by atoms with Gasteiger partial charge in [-0.15, -0.1) is 0 Å². The van der Waals surface area contributed by atoms with Crippen LogP contribution in [0.15, 0.2) is 18.3 Å². The van der Waals surface area contributed by atoms with Crippen LogP contribution in [0.2, 0.25) is 0 Å². The van der Waals surface area contributed by atoms with Crippen molar-refractivity contribution >= 4 is 21.9 Å². The highest BCUT2D eigenvalue weighted by atomic mass is 32.2. The lowest BCUT2D eigenvalue weighted by molar-refractivity contribution is -0.00993. The predicted octanol–water partition coefficient (Wildman–Crippen LogP) is 1.94. The second-order valence-electron chi connectivity index (χ2n) is 10.6. The van der Waals surface area contributed by atoms with Crippen molar-refractivity contribution in [2.75, 3.05) is 56.5 Å². The molecule has 4 rings (SSSR count). The number of carbonyl (C=O) groups is 1. The van der Waals surface area contributed by atoms with Crippen LogP contribution in [0, 0.1) is 11.8 Å². The monoisotopic (exact) mass is 510 g/mol. The molecule has 2 atom stereocenters. The van der Waals surface area contributed by atoms with Gasteiger partial charge in [-0.2, -0.15) is 4.31 Å². The summed E-state index contributed by atoms with van der Waals surface area (Å²) in [7, 11) is -3.21. The van der Waals surface area contributed by atoms with Gasteiger partial charge in [-0.05, 0) is 44.2 Å². The van der Waals surface area contributed by atoms with E-state index in [0.717, 1.165) is 18.7 Å². The van der Waals surface area contributed by atoms with Gasteiger partial charge in [-0.1, -0.05) is 13.8 Å². The maximum atomic E-state index is 12.4. The number of amides is 1. The molecular formula is C24H38N4O6S. The van der Waals surface area contributed by atoms with Gasteiger partial charge in [0, 0.05) is 38.6 Å². The van der Waals surface area contributed by atoms with Crippen molar-refractivity contribution in [3.63, 3.8) is 0 Å². The van der Waals surface area contributed by atoms with Gasteiger partial charge in [0.15, 0.2) is 0 Å². The Bertz CT molecular complexity index is 974. The minimum atomic E-state index is -3.21. The number of β-amino-alcohol motifs (C(OH)–C–C–N with tert-alkyl or cyclic N) is 1. The number of carbonyl (C=O) groups excluding carboxylic acids is 1. The first-order valence-corrected chi connectivity index (χ1v) is 14.1. The number of aromatic nitrogens is 1. The van der Waals surface area contributed by atoms with Gasteiger partial charge in [-0.3, -0.25) is 0 Å². The van der Waals surface area contributed by atoms with Crippen molar-refractivity contribution in [3.05, 3.63) is 18.3 Å². The summed E-state index contributed by atoms with van der Waals surface area (Å²) in [6.07, 6.45) is 3.08. The minimum Gasteiger partial charge on any atom is -0.492 e. The normalized spacial score (nSPS) is 24.9. The van der Waals surface area contributed by atoms with Gasteiger partial charge in [0.05, 0.1) is 31.2 Å². The van der Waals surface area contributed by atoms with Crippen LogP contribution >= 0.6 is 0 Å². The fourth-order valence-electron chi connectivity index (χ4n) is 4.46. The molecule has 2 saturated heterocycles. The molecule has 0 radical (unpaired) electrons. The molecule has 1 saturated carbocycles. The molecule has 0 spiro atoms. The molecule has 11 heteroatoms. The molecule has 3 aliphatic rings. The number of piperazine rings is 1. The number of ether oxygens (including phenoxy) is 2. The van der Waals surface area contributed by atoms with Crippen LogP contribution < -0.4 is 9.64 Å². The van der Waals surface area contributed by atoms with Crippen molar-refractivity contribution in [1.29, 1.82) is 0 Å². The van der Waals surface area contributed by atoms with Crippen molar-refractivity contribution < 1.29 is 27.8 Å². The topological polar surface area (TPSA) is 113 Å². The van der Waals surface area contributed by atoms with Crippen LogP contribution in [0.25, 0.3) is 0 Å². The summed E-state index contributed by atoms with van der Waals surface area (Å²) in [6, 6.07) is 3.72. The number of rotatable bonds is 8. The number of anilines is 1. The van der Waals surface area contributed by atoms with Gasteiger partial charge in [0.1, 0.15) is 17.2 Å². The Morgan fingerprint density at radius 3 is 2.49 bits per heavy atom. The van der Waals surface area contributed by atoms with E-state index in [0.29, 0.717) is 51.5 Å². The summed E-state index contributed by atoms with van der Waals surface area (Å²) in [5, 5.41) is 10.5. The Balaban J connectivity index is 1.21. The molecule has 0 aromatic carbocycles. The lowest BCUT2D eigenvalue weighted by Crippen LogP contribution is -2.49. The lowest BCUT2D eigenvalue weighted by atomic mass is 9.95. The minimum absolute atomic E-state index is 0.0731. The number of sulfonamides is 1. The molecule has 1 amide bonds. The maximum Gasteiger partial charge on any atom is 0.410 e. The van der Waals surface area contributed by atoms with Crippen molar-refractivity contribution in [3.8, 4) is 5.75 Å². The summed E-state index contributed by atoms with van der Waals surface area (Å²) in [5.41, 5.74) is -0.319. The fraction of sp³-hybridized carbons (Fsp3) is 0.750. The smallest absolute Gasteiger partial charge is 0.410 e. The Labute approximate surface area is 208 Å². The van der Waals surface area contributed by atoms with Crippen LogP contribution in [-0.4, -0.2) is 97.1 Å². The van der Waals surface area contributed by atoms with E-state index < -0.39 is 16.1 Å². The van der Waals surface area contributed by atoms with Crippen molar-refractivity contribution in [1.82, 2.24) is 14.2 Å². The van der Waals surface area contributed by atoms with Gasteiger partial charge < -0.3 is 24.4 Å². The summed E-state index contributed by atoms with van der Waals surface area (Å²) in [5.74, 6) is 1.61. The Hall–Kier alpha value is -2.11. The molecule has 1 aromatic rings. The van der Waals surface area contributed by atoms with E-state index in [4.69, 9.17) is 9.47 Å². The molecule has 0 unspecified atom stereocenters. The van der Waals surface area contributed by atoms with Crippen molar-refractivity contribution in [2.45, 2.75) is 51.7 Å². The SMILES string of the molecule is CC(C)CS(=O)(=O)N1CCN(c2ccc(OC[C@@H]3CCN(C(=O)OC4(C)CC4)C[C@H]3O)cn2)CC1. The molecule has 3 heterocycles. The number of nitrogens with zero attached hydrogens (tertiary/aromatic N) is 4. The highest BCUT2D eigenvalue weighted by Crippen LogP contribution is 2.39. The summed E-state index contributed by atoms with van der Waals surface area (Å²) >= 11 is 0. The van der Waals surface area contributed by atoms with Crippen LogP contribution in [-0.2, 0) is 14.8 Å². The van der Waals surface area contributed by atoms with Crippen LogP contribution in [0.3, 0.4) is 0 Å². The van der Waals surface area contributed by atoms with E-state index >= 15 is 0 Å². The maximum absolute atomic E-state index is 12.4. The third-order valence-corrected chi connectivity index (χ3v) is 9.19. The number of likely N-dealkylation sites (tertiary alicyclic amines) is 1. The molecule has 196 valence electrons. The largest absolute Gasteiger partial charge is 0.492 e. The number of aliphatic hydroxyl groups is 1. The van der Waals surface area contributed by atoms with Crippen molar-refractivity contribution in [2.24, 2.45) is 11.8 Å². The molecule has 3 fully saturated rings. The molecule has 1 N–H and O–H groups in total.